The molecule has 11 heavy (non-hydrogen) atoms. The molecule has 0 saturated carbocycles. The average Bonchev–Trinajstić information content (AvgIpc) is 2.05. The van der Waals surface area contributed by atoms with Crippen LogP contribution >= 0.6 is 17.0 Å². The van der Waals surface area contributed by atoms with Crippen LogP contribution in [0.1, 0.15) is 18.4 Å². The summed E-state index contributed by atoms with van der Waals surface area (Å²) in [7, 11) is 0. The molecular formula is C9H12BrN. The Morgan fingerprint density at radius 1 is 1.45 bits per heavy atom. The zero-order valence-corrected chi connectivity index (χ0v) is 8.24. The van der Waals surface area contributed by atoms with Crippen LogP contribution in [0, 0.1) is 0 Å². The Morgan fingerprint density at radius 2 is 2.00 bits per heavy atom. The van der Waals surface area contributed by atoms with Gasteiger partial charge in [-0.15, -0.1) is 23.6 Å². The Hall–Kier alpha value is -0.630. The number of hydrogen-bond donors (Lipinski definition) is 0. The van der Waals surface area contributed by atoms with Crippen LogP contribution in [0.15, 0.2) is 37.2 Å². The van der Waals surface area contributed by atoms with Crippen molar-refractivity contribution < 1.29 is 0 Å². The van der Waals surface area contributed by atoms with Crippen molar-refractivity contribution in [3.8, 4) is 0 Å². The molecule has 0 N–H and O–H groups in total. The molecule has 0 saturated heterocycles. The average molecular weight is 214 g/mol. The number of rotatable bonds is 2. The minimum atomic E-state index is 0. The Bertz CT molecular complexity index is 208. The summed E-state index contributed by atoms with van der Waals surface area (Å²) in [6.45, 7) is 5.83. The summed E-state index contributed by atoms with van der Waals surface area (Å²) in [5, 5.41) is 0. The Morgan fingerprint density at radius 3 is 2.45 bits per heavy atom. The van der Waals surface area contributed by atoms with Crippen LogP contribution in [0.25, 0.3) is 0 Å². The molecule has 1 atom stereocenters. The monoisotopic (exact) mass is 213 g/mol. The summed E-state index contributed by atoms with van der Waals surface area (Å²) in [5.74, 6) is 0.433. The molecule has 0 fully saturated rings. The van der Waals surface area contributed by atoms with E-state index in [1.807, 2.05) is 18.2 Å². The molecule has 60 valence electrons. The highest BCUT2D eigenvalue weighted by molar-refractivity contribution is 8.93. The van der Waals surface area contributed by atoms with Crippen molar-refractivity contribution in [1.29, 1.82) is 0 Å². The summed E-state index contributed by atoms with van der Waals surface area (Å²) in [6, 6.07) is 4.01. The molecule has 0 aromatic carbocycles. The van der Waals surface area contributed by atoms with Gasteiger partial charge in [-0.1, -0.05) is 13.0 Å². The van der Waals surface area contributed by atoms with E-state index >= 15 is 0 Å². The van der Waals surface area contributed by atoms with E-state index in [2.05, 4.69) is 18.5 Å². The Kier molecular flexibility index (Phi) is 4.79. The summed E-state index contributed by atoms with van der Waals surface area (Å²) >= 11 is 0. The largest absolute Gasteiger partial charge is 0.265 e. The van der Waals surface area contributed by atoms with Crippen LogP contribution in [0.3, 0.4) is 0 Å². The van der Waals surface area contributed by atoms with E-state index in [9.17, 15) is 0 Å². The third-order valence-corrected chi connectivity index (χ3v) is 1.59. The van der Waals surface area contributed by atoms with Crippen molar-refractivity contribution >= 4 is 17.0 Å². The van der Waals surface area contributed by atoms with Gasteiger partial charge in [0.2, 0.25) is 0 Å². The van der Waals surface area contributed by atoms with Crippen LogP contribution in [-0.4, -0.2) is 4.98 Å². The lowest BCUT2D eigenvalue weighted by Gasteiger charge is -2.03. The fourth-order valence-corrected chi connectivity index (χ4v) is 0.803. The summed E-state index contributed by atoms with van der Waals surface area (Å²) < 4.78 is 0. The van der Waals surface area contributed by atoms with Gasteiger partial charge in [0.1, 0.15) is 0 Å². The first-order valence-corrected chi connectivity index (χ1v) is 3.37. The SMILES string of the molecule is Br.C=CC(C)c1ccncc1. The molecule has 0 aliphatic rings. The lowest BCUT2D eigenvalue weighted by Crippen LogP contribution is -1.86. The van der Waals surface area contributed by atoms with Gasteiger partial charge in [0, 0.05) is 12.4 Å². The van der Waals surface area contributed by atoms with Crippen LogP contribution in [0.2, 0.25) is 0 Å². The Balaban J connectivity index is 0.000001000. The molecule has 1 unspecified atom stereocenters. The molecule has 2 heteroatoms. The van der Waals surface area contributed by atoms with Crippen molar-refractivity contribution in [2.24, 2.45) is 0 Å². The fourth-order valence-electron chi connectivity index (χ4n) is 0.803. The van der Waals surface area contributed by atoms with Gasteiger partial charge >= 0.3 is 0 Å². The van der Waals surface area contributed by atoms with Gasteiger partial charge in [-0.2, -0.15) is 0 Å². The number of pyridine rings is 1. The molecule has 1 rings (SSSR count). The second-order valence-corrected chi connectivity index (χ2v) is 2.30. The lowest BCUT2D eigenvalue weighted by atomic mass is 10.0. The maximum absolute atomic E-state index is 3.93. The van der Waals surface area contributed by atoms with Gasteiger partial charge in [-0.05, 0) is 23.6 Å². The predicted molar refractivity (Wildman–Crippen MR) is 53.2 cm³/mol. The quantitative estimate of drug-likeness (QED) is 0.689. The third-order valence-electron chi connectivity index (χ3n) is 1.59. The molecular weight excluding hydrogens is 202 g/mol. The van der Waals surface area contributed by atoms with Crippen molar-refractivity contribution in [1.82, 2.24) is 4.98 Å². The molecule has 0 bridgehead atoms. The second kappa shape index (κ2) is 5.08. The standard InChI is InChI=1S/C9H11N.BrH/c1-3-8(2)9-4-6-10-7-5-9;/h3-8H,1H2,2H3;1H. The molecule has 0 radical (unpaired) electrons. The number of aromatic nitrogens is 1. The van der Waals surface area contributed by atoms with E-state index in [-0.39, 0.29) is 17.0 Å². The molecule has 0 aliphatic heterocycles. The van der Waals surface area contributed by atoms with Crippen molar-refractivity contribution in [3.05, 3.63) is 42.7 Å². The van der Waals surface area contributed by atoms with E-state index in [4.69, 9.17) is 0 Å². The molecule has 1 aromatic rings. The van der Waals surface area contributed by atoms with Gasteiger partial charge in [0.15, 0.2) is 0 Å². The van der Waals surface area contributed by atoms with E-state index in [1.54, 1.807) is 12.4 Å². The van der Waals surface area contributed by atoms with Crippen LogP contribution < -0.4 is 0 Å². The molecule has 0 spiro atoms. The summed E-state index contributed by atoms with van der Waals surface area (Å²) in [5.41, 5.74) is 1.27. The maximum atomic E-state index is 3.93. The topological polar surface area (TPSA) is 12.9 Å². The third kappa shape index (κ3) is 2.85. The number of allylic oxidation sites excluding steroid dienone is 1. The summed E-state index contributed by atoms with van der Waals surface area (Å²) in [6.07, 6.45) is 5.53. The lowest BCUT2D eigenvalue weighted by molar-refractivity contribution is 0.964. The minimum Gasteiger partial charge on any atom is -0.265 e. The molecule has 0 amide bonds. The highest BCUT2D eigenvalue weighted by atomic mass is 79.9. The Labute approximate surface area is 77.9 Å². The van der Waals surface area contributed by atoms with Crippen LogP contribution in [-0.2, 0) is 0 Å². The van der Waals surface area contributed by atoms with Crippen molar-refractivity contribution in [2.75, 3.05) is 0 Å². The highest BCUT2D eigenvalue weighted by Gasteiger charge is 1.96. The zero-order valence-electron chi connectivity index (χ0n) is 6.53. The van der Waals surface area contributed by atoms with Gasteiger partial charge < -0.3 is 0 Å². The predicted octanol–water partition coefficient (Wildman–Crippen LogP) is 2.95. The normalized spacial score (nSPS) is 11.4. The first kappa shape index (κ1) is 10.4. The van der Waals surface area contributed by atoms with Crippen LogP contribution in [0.5, 0.6) is 0 Å². The van der Waals surface area contributed by atoms with E-state index < -0.39 is 0 Å². The molecule has 1 aromatic heterocycles. The second-order valence-electron chi connectivity index (χ2n) is 2.30. The van der Waals surface area contributed by atoms with Gasteiger partial charge in [-0.25, -0.2) is 0 Å². The van der Waals surface area contributed by atoms with E-state index in [1.165, 1.54) is 5.56 Å². The number of nitrogens with zero attached hydrogens (tertiary/aromatic N) is 1. The van der Waals surface area contributed by atoms with Crippen molar-refractivity contribution in [2.45, 2.75) is 12.8 Å². The van der Waals surface area contributed by atoms with Gasteiger partial charge in [0.25, 0.3) is 0 Å². The van der Waals surface area contributed by atoms with E-state index in [0.29, 0.717) is 5.92 Å². The fraction of sp³-hybridized carbons (Fsp3) is 0.222. The van der Waals surface area contributed by atoms with E-state index in [0.717, 1.165) is 0 Å². The van der Waals surface area contributed by atoms with Gasteiger partial charge in [-0.3, -0.25) is 4.98 Å². The number of hydrogen-bond acceptors (Lipinski definition) is 1. The first-order chi connectivity index (χ1) is 4.84. The highest BCUT2D eigenvalue weighted by Crippen LogP contribution is 2.13. The zero-order chi connectivity index (χ0) is 7.40. The smallest absolute Gasteiger partial charge is 0.0270 e. The number of halogens is 1. The molecule has 0 aliphatic carbocycles. The minimum absolute atomic E-state index is 0. The molecule has 1 nitrogen and oxygen atoms in total. The van der Waals surface area contributed by atoms with Crippen molar-refractivity contribution in [3.63, 3.8) is 0 Å². The molecule has 1 heterocycles. The summed E-state index contributed by atoms with van der Waals surface area (Å²) in [4.78, 5) is 3.93. The maximum Gasteiger partial charge on any atom is 0.0270 e. The van der Waals surface area contributed by atoms with Crippen LogP contribution in [0.4, 0.5) is 0 Å². The first-order valence-electron chi connectivity index (χ1n) is 3.37. The van der Waals surface area contributed by atoms with Gasteiger partial charge in [0.05, 0.1) is 0 Å².